The second kappa shape index (κ2) is 4.16. The van der Waals surface area contributed by atoms with E-state index in [-0.39, 0.29) is 0 Å². The molecule has 5 heteroatoms. The normalized spacial score (nSPS) is 15.7. The third kappa shape index (κ3) is 1.92. The number of fused-ring (bicyclic) bond motifs is 1. The number of hydrogen-bond donors (Lipinski definition) is 1. The zero-order chi connectivity index (χ0) is 12.0. The van der Waals surface area contributed by atoms with Gasteiger partial charge in [0.2, 0.25) is 0 Å². The highest BCUT2D eigenvalue weighted by atomic mass is 35.5. The Kier molecular flexibility index (Phi) is 2.77. The third-order valence-corrected chi connectivity index (χ3v) is 3.84. The van der Waals surface area contributed by atoms with Gasteiger partial charge in [0, 0.05) is 19.0 Å². The molecule has 0 saturated heterocycles. The highest BCUT2D eigenvalue weighted by molar-refractivity contribution is 6.42. The van der Waals surface area contributed by atoms with Crippen LogP contribution in [0.25, 0.3) is 11.0 Å². The summed E-state index contributed by atoms with van der Waals surface area (Å²) in [5.41, 5.74) is 7.61. The van der Waals surface area contributed by atoms with Crippen LogP contribution in [0.4, 0.5) is 0 Å². The molecule has 1 heterocycles. The smallest absolute Gasteiger partial charge is 0.113 e. The number of hydrogen-bond acceptors (Lipinski definition) is 2. The molecule has 0 amide bonds. The summed E-state index contributed by atoms with van der Waals surface area (Å²) >= 11 is 12.1. The van der Waals surface area contributed by atoms with Gasteiger partial charge in [0.05, 0.1) is 21.1 Å². The van der Waals surface area contributed by atoms with Crippen LogP contribution in [0.2, 0.25) is 10.0 Å². The van der Waals surface area contributed by atoms with Crippen molar-refractivity contribution in [3.05, 3.63) is 28.0 Å². The largest absolute Gasteiger partial charge is 0.329 e. The molecular weight excluding hydrogens is 257 g/mol. The summed E-state index contributed by atoms with van der Waals surface area (Å²) in [6.07, 6.45) is 2.44. The summed E-state index contributed by atoms with van der Waals surface area (Å²) in [7, 11) is 0. The van der Waals surface area contributed by atoms with Crippen molar-refractivity contribution in [3.8, 4) is 0 Å². The molecule has 1 aromatic heterocycles. The van der Waals surface area contributed by atoms with Gasteiger partial charge in [-0.25, -0.2) is 4.98 Å². The molecule has 3 nitrogen and oxygen atoms in total. The molecule has 0 unspecified atom stereocenters. The average molecular weight is 270 g/mol. The lowest BCUT2D eigenvalue weighted by Crippen LogP contribution is -2.12. The van der Waals surface area contributed by atoms with E-state index >= 15 is 0 Å². The second-order valence-corrected chi connectivity index (χ2v) is 5.25. The third-order valence-electron chi connectivity index (χ3n) is 3.12. The van der Waals surface area contributed by atoms with Crippen molar-refractivity contribution >= 4 is 34.2 Å². The zero-order valence-electron chi connectivity index (χ0n) is 9.29. The SMILES string of the molecule is NCCn1c(C2CC2)nc2cc(Cl)c(Cl)cc21. The van der Waals surface area contributed by atoms with Gasteiger partial charge in [-0.2, -0.15) is 0 Å². The minimum Gasteiger partial charge on any atom is -0.329 e. The molecule has 90 valence electrons. The number of nitrogens with two attached hydrogens (primary N) is 1. The molecule has 0 atom stereocenters. The van der Waals surface area contributed by atoms with Gasteiger partial charge in [-0.3, -0.25) is 0 Å². The van der Waals surface area contributed by atoms with Gasteiger partial charge in [0.1, 0.15) is 5.82 Å². The quantitative estimate of drug-likeness (QED) is 0.930. The van der Waals surface area contributed by atoms with Crippen LogP contribution in [0.15, 0.2) is 12.1 Å². The fraction of sp³-hybridized carbons (Fsp3) is 0.417. The molecule has 3 rings (SSSR count). The molecule has 1 aliphatic carbocycles. The van der Waals surface area contributed by atoms with Crippen LogP contribution in [0.3, 0.4) is 0 Å². The van der Waals surface area contributed by atoms with Crippen LogP contribution in [0, 0.1) is 0 Å². The van der Waals surface area contributed by atoms with E-state index in [9.17, 15) is 0 Å². The first-order valence-electron chi connectivity index (χ1n) is 5.76. The van der Waals surface area contributed by atoms with E-state index in [4.69, 9.17) is 28.9 Å². The Morgan fingerprint density at radius 3 is 2.65 bits per heavy atom. The standard InChI is InChI=1S/C12H13Cl2N3/c13-8-5-10-11(6-9(8)14)17(4-3-15)12(16-10)7-1-2-7/h5-7H,1-4,15H2. The molecule has 0 aliphatic heterocycles. The lowest BCUT2D eigenvalue weighted by molar-refractivity contribution is 0.680. The lowest BCUT2D eigenvalue weighted by Gasteiger charge is -2.06. The predicted octanol–water partition coefficient (Wildman–Crippen LogP) is 3.18. The van der Waals surface area contributed by atoms with Crippen LogP contribution in [-0.2, 0) is 6.54 Å². The molecule has 2 aromatic rings. The number of nitrogens with zero attached hydrogens (tertiary/aromatic N) is 2. The highest BCUT2D eigenvalue weighted by Crippen LogP contribution is 2.41. The molecule has 0 spiro atoms. The summed E-state index contributed by atoms with van der Waals surface area (Å²) < 4.78 is 2.18. The Balaban J connectivity index is 2.23. The van der Waals surface area contributed by atoms with Crippen molar-refractivity contribution in [2.75, 3.05) is 6.54 Å². The molecule has 1 aliphatic rings. The maximum atomic E-state index is 6.06. The van der Waals surface area contributed by atoms with Crippen molar-refractivity contribution in [1.29, 1.82) is 0 Å². The monoisotopic (exact) mass is 269 g/mol. The van der Waals surface area contributed by atoms with E-state index in [0.29, 0.717) is 22.5 Å². The molecule has 1 aromatic carbocycles. The summed E-state index contributed by atoms with van der Waals surface area (Å²) in [5.74, 6) is 1.72. The number of aromatic nitrogens is 2. The van der Waals surface area contributed by atoms with Crippen molar-refractivity contribution in [2.24, 2.45) is 5.73 Å². The fourth-order valence-electron chi connectivity index (χ4n) is 2.16. The van der Waals surface area contributed by atoms with Crippen LogP contribution in [-0.4, -0.2) is 16.1 Å². The van der Waals surface area contributed by atoms with Crippen molar-refractivity contribution in [2.45, 2.75) is 25.3 Å². The Morgan fingerprint density at radius 2 is 2.00 bits per heavy atom. The maximum absolute atomic E-state index is 6.06. The minimum absolute atomic E-state index is 0.555. The van der Waals surface area contributed by atoms with Crippen LogP contribution in [0.5, 0.6) is 0 Å². The number of imidazole rings is 1. The summed E-state index contributed by atoms with van der Waals surface area (Å²) in [6.45, 7) is 1.38. The zero-order valence-corrected chi connectivity index (χ0v) is 10.8. The van der Waals surface area contributed by atoms with Crippen LogP contribution in [0.1, 0.15) is 24.6 Å². The van der Waals surface area contributed by atoms with Crippen molar-refractivity contribution < 1.29 is 0 Å². The van der Waals surface area contributed by atoms with Crippen molar-refractivity contribution in [3.63, 3.8) is 0 Å². The number of benzene rings is 1. The molecule has 0 bridgehead atoms. The molecule has 17 heavy (non-hydrogen) atoms. The number of halogens is 2. The van der Waals surface area contributed by atoms with Crippen LogP contribution < -0.4 is 5.73 Å². The predicted molar refractivity (Wildman–Crippen MR) is 70.8 cm³/mol. The van der Waals surface area contributed by atoms with E-state index in [1.807, 2.05) is 12.1 Å². The Hall–Kier alpha value is -0.770. The van der Waals surface area contributed by atoms with Gasteiger partial charge >= 0.3 is 0 Å². The van der Waals surface area contributed by atoms with E-state index in [1.165, 1.54) is 12.8 Å². The highest BCUT2D eigenvalue weighted by Gasteiger charge is 2.29. The summed E-state index contributed by atoms with van der Waals surface area (Å²) in [6, 6.07) is 3.71. The van der Waals surface area contributed by atoms with E-state index in [0.717, 1.165) is 23.4 Å². The lowest BCUT2D eigenvalue weighted by atomic mass is 10.3. The first kappa shape index (κ1) is 11.3. The van der Waals surface area contributed by atoms with Gasteiger partial charge < -0.3 is 10.3 Å². The van der Waals surface area contributed by atoms with Gasteiger partial charge in [-0.15, -0.1) is 0 Å². The molecule has 2 N–H and O–H groups in total. The molecule has 0 radical (unpaired) electrons. The van der Waals surface area contributed by atoms with Gasteiger partial charge in [-0.05, 0) is 25.0 Å². The Morgan fingerprint density at radius 1 is 1.29 bits per heavy atom. The molecule has 1 saturated carbocycles. The van der Waals surface area contributed by atoms with Crippen LogP contribution >= 0.6 is 23.2 Å². The first-order valence-corrected chi connectivity index (χ1v) is 6.51. The summed E-state index contributed by atoms with van der Waals surface area (Å²) in [4.78, 5) is 4.66. The second-order valence-electron chi connectivity index (χ2n) is 4.44. The van der Waals surface area contributed by atoms with Crippen molar-refractivity contribution in [1.82, 2.24) is 9.55 Å². The average Bonchev–Trinajstić information content (AvgIpc) is 3.08. The van der Waals surface area contributed by atoms with E-state index < -0.39 is 0 Å². The fourth-order valence-corrected chi connectivity index (χ4v) is 2.47. The van der Waals surface area contributed by atoms with Gasteiger partial charge in [0.15, 0.2) is 0 Å². The number of rotatable bonds is 3. The molecule has 1 fully saturated rings. The van der Waals surface area contributed by atoms with E-state index in [2.05, 4.69) is 9.55 Å². The van der Waals surface area contributed by atoms with Gasteiger partial charge in [0.25, 0.3) is 0 Å². The Labute approximate surface area is 110 Å². The maximum Gasteiger partial charge on any atom is 0.113 e. The molecular formula is C12H13Cl2N3. The topological polar surface area (TPSA) is 43.8 Å². The van der Waals surface area contributed by atoms with E-state index in [1.54, 1.807) is 0 Å². The Bertz CT molecular complexity index is 573. The van der Waals surface area contributed by atoms with Gasteiger partial charge in [-0.1, -0.05) is 23.2 Å². The first-order chi connectivity index (χ1) is 8.20. The minimum atomic E-state index is 0.555. The summed E-state index contributed by atoms with van der Waals surface area (Å²) in [5, 5.41) is 1.12.